The second kappa shape index (κ2) is 12.1. The average Bonchev–Trinajstić information content (AvgIpc) is 2.83. The maximum absolute atomic E-state index is 12.6. The molecule has 1 heterocycles. The van der Waals surface area contributed by atoms with Crippen molar-refractivity contribution in [2.75, 3.05) is 26.3 Å². The van der Waals surface area contributed by atoms with Crippen LogP contribution in [0.5, 0.6) is 5.75 Å². The smallest absolute Gasteiger partial charge is 0.308 e. The zero-order chi connectivity index (χ0) is 25.4. The first kappa shape index (κ1) is 25.8. The number of ether oxygens (including phenoxy) is 2. The molecule has 0 radical (unpaired) electrons. The summed E-state index contributed by atoms with van der Waals surface area (Å²) in [6.45, 7) is 0.606. The summed E-state index contributed by atoms with van der Waals surface area (Å²) < 4.78 is 10.6. The molecule has 0 bridgehead atoms. The number of thiocarbonyl (C=S) groups is 1. The van der Waals surface area contributed by atoms with Crippen molar-refractivity contribution >= 4 is 52.4 Å². The molecule has 13 heteroatoms. The van der Waals surface area contributed by atoms with Crippen LogP contribution in [0.25, 0.3) is 0 Å². The van der Waals surface area contributed by atoms with E-state index >= 15 is 0 Å². The molecule has 0 aliphatic carbocycles. The molecule has 0 saturated carbocycles. The minimum atomic E-state index is -1.00. The Labute approximate surface area is 210 Å². The number of piperazine rings is 1. The van der Waals surface area contributed by atoms with Gasteiger partial charge in [0.2, 0.25) is 5.91 Å². The van der Waals surface area contributed by atoms with E-state index < -0.39 is 34.4 Å². The number of rotatable bonds is 8. The maximum Gasteiger partial charge on any atom is 0.308 e. The number of carbonyl (C=O) groups excluding carboxylic acids is 3. The highest BCUT2D eigenvalue weighted by Crippen LogP contribution is 2.25. The molecule has 2 aromatic carbocycles. The lowest BCUT2D eigenvalue weighted by molar-refractivity contribution is -0.384. The first-order valence-corrected chi connectivity index (χ1v) is 11.2. The predicted octanol–water partition coefficient (Wildman–Crippen LogP) is 2.08. The number of hydrogen-bond acceptors (Lipinski definition) is 8. The second-order valence-corrected chi connectivity index (χ2v) is 8.06. The van der Waals surface area contributed by atoms with Crippen LogP contribution in [0.3, 0.4) is 0 Å². The average molecular weight is 521 g/mol. The van der Waals surface area contributed by atoms with Crippen LogP contribution in [0.1, 0.15) is 16.8 Å². The van der Waals surface area contributed by atoms with Gasteiger partial charge in [0.25, 0.3) is 11.6 Å². The number of para-hydroxylation sites is 1. The fourth-order valence-corrected chi connectivity index (χ4v) is 3.74. The van der Waals surface area contributed by atoms with Gasteiger partial charge in [-0.25, -0.2) is 0 Å². The topological polar surface area (TPSA) is 140 Å². The van der Waals surface area contributed by atoms with Gasteiger partial charge in [-0.1, -0.05) is 29.8 Å². The number of halogens is 1. The number of esters is 1. The molecule has 11 nitrogen and oxygen atoms in total. The number of nitro benzene ring substituents is 1. The first-order chi connectivity index (χ1) is 16.8. The Morgan fingerprint density at radius 1 is 1.23 bits per heavy atom. The minimum absolute atomic E-state index is 0.0153. The Balaban J connectivity index is 1.57. The summed E-state index contributed by atoms with van der Waals surface area (Å²) in [5.41, 5.74) is -0.473. The van der Waals surface area contributed by atoms with Crippen LogP contribution in [-0.2, 0) is 14.3 Å². The molecule has 1 saturated heterocycles. The van der Waals surface area contributed by atoms with E-state index in [0.717, 1.165) is 6.07 Å². The van der Waals surface area contributed by atoms with Crippen molar-refractivity contribution in [2.45, 2.75) is 12.5 Å². The molecule has 0 spiro atoms. The Hall–Kier alpha value is -3.77. The first-order valence-electron chi connectivity index (χ1n) is 10.4. The highest BCUT2D eigenvalue weighted by Gasteiger charge is 2.34. The molecule has 1 unspecified atom stereocenters. The van der Waals surface area contributed by atoms with E-state index in [4.69, 9.17) is 33.3 Å². The summed E-state index contributed by atoms with van der Waals surface area (Å²) in [5.74, 6) is -1.18. The maximum atomic E-state index is 12.6. The van der Waals surface area contributed by atoms with Gasteiger partial charge in [-0.3, -0.25) is 29.8 Å². The van der Waals surface area contributed by atoms with Crippen LogP contribution in [0.4, 0.5) is 5.69 Å². The molecule has 1 atom stereocenters. The number of benzene rings is 2. The zero-order valence-corrected chi connectivity index (χ0v) is 19.8. The Bertz CT molecular complexity index is 1130. The van der Waals surface area contributed by atoms with Crippen LogP contribution in [0, 0.1) is 10.1 Å². The summed E-state index contributed by atoms with van der Waals surface area (Å²) in [6, 6.07) is 11.6. The molecule has 2 amide bonds. The van der Waals surface area contributed by atoms with Crippen LogP contribution >= 0.6 is 23.8 Å². The Morgan fingerprint density at radius 3 is 2.69 bits per heavy atom. The molecule has 1 aliphatic rings. The summed E-state index contributed by atoms with van der Waals surface area (Å²) in [5, 5.41) is 15.9. The number of amides is 2. The SMILES string of the molecule is O=C(CC1C(=O)NCCN1C(=S)NC(=O)c1ccc(Cl)c([N+](=O)[O-])c1)OCCOc1ccccc1. The predicted molar refractivity (Wildman–Crippen MR) is 129 cm³/mol. The second-order valence-electron chi connectivity index (χ2n) is 7.27. The van der Waals surface area contributed by atoms with Gasteiger partial charge in [-0.05, 0) is 36.5 Å². The van der Waals surface area contributed by atoms with Crippen molar-refractivity contribution < 1.29 is 28.8 Å². The number of nitrogens with zero attached hydrogens (tertiary/aromatic N) is 2. The van der Waals surface area contributed by atoms with E-state index in [1.54, 1.807) is 12.1 Å². The van der Waals surface area contributed by atoms with E-state index in [9.17, 15) is 24.5 Å². The van der Waals surface area contributed by atoms with E-state index in [1.807, 2.05) is 18.2 Å². The van der Waals surface area contributed by atoms with E-state index in [-0.39, 0.29) is 48.4 Å². The van der Waals surface area contributed by atoms with Gasteiger partial charge in [0.1, 0.15) is 30.0 Å². The third-order valence-electron chi connectivity index (χ3n) is 4.94. The van der Waals surface area contributed by atoms with Crippen molar-refractivity contribution in [1.82, 2.24) is 15.5 Å². The molecule has 184 valence electrons. The van der Waals surface area contributed by atoms with Gasteiger partial charge in [-0.15, -0.1) is 0 Å². The molecule has 0 aromatic heterocycles. The third-order valence-corrected chi connectivity index (χ3v) is 5.59. The number of carbonyl (C=O) groups is 3. The number of nitro groups is 1. The van der Waals surface area contributed by atoms with Crippen molar-refractivity contribution in [1.29, 1.82) is 0 Å². The highest BCUT2D eigenvalue weighted by molar-refractivity contribution is 7.80. The van der Waals surface area contributed by atoms with Gasteiger partial charge in [-0.2, -0.15) is 0 Å². The normalized spacial score (nSPS) is 15.1. The lowest BCUT2D eigenvalue weighted by Gasteiger charge is -2.36. The zero-order valence-electron chi connectivity index (χ0n) is 18.3. The van der Waals surface area contributed by atoms with E-state index in [0.29, 0.717) is 5.75 Å². The van der Waals surface area contributed by atoms with Crippen molar-refractivity contribution in [3.63, 3.8) is 0 Å². The summed E-state index contributed by atoms with van der Waals surface area (Å²) >= 11 is 11.1. The lowest BCUT2D eigenvalue weighted by Crippen LogP contribution is -2.60. The van der Waals surface area contributed by atoms with Crippen LogP contribution in [0.2, 0.25) is 5.02 Å². The third kappa shape index (κ3) is 7.11. The van der Waals surface area contributed by atoms with Gasteiger partial charge in [0.05, 0.1) is 11.3 Å². The molecule has 2 aromatic rings. The molecule has 1 aliphatic heterocycles. The van der Waals surface area contributed by atoms with Crippen molar-refractivity contribution in [3.05, 3.63) is 69.2 Å². The van der Waals surface area contributed by atoms with Crippen molar-refractivity contribution in [2.24, 2.45) is 0 Å². The molecule has 2 N–H and O–H groups in total. The largest absolute Gasteiger partial charge is 0.490 e. The summed E-state index contributed by atoms with van der Waals surface area (Å²) in [7, 11) is 0. The van der Waals surface area contributed by atoms with Gasteiger partial charge < -0.3 is 19.7 Å². The molecular weight excluding hydrogens is 500 g/mol. The highest BCUT2D eigenvalue weighted by atomic mass is 35.5. The van der Waals surface area contributed by atoms with Gasteiger partial charge in [0.15, 0.2) is 5.11 Å². The lowest BCUT2D eigenvalue weighted by atomic mass is 10.1. The van der Waals surface area contributed by atoms with Gasteiger partial charge >= 0.3 is 5.97 Å². The Morgan fingerprint density at radius 2 is 1.97 bits per heavy atom. The monoisotopic (exact) mass is 520 g/mol. The van der Waals surface area contributed by atoms with Crippen LogP contribution < -0.4 is 15.4 Å². The number of nitrogens with one attached hydrogen (secondary N) is 2. The Kier molecular flexibility index (Phi) is 8.92. The molecule has 1 fully saturated rings. The van der Waals surface area contributed by atoms with E-state index in [1.165, 1.54) is 17.0 Å². The standard InChI is InChI=1S/C22H21ClN4O7S/c23-16-7-6-14(12-17(16)27(31)32)20(29)25-22(35)26-9-8-24-21(30)18(26)13-19(28)34-11-10-33-15-4-2-1-3-5-15/h1-7,12,18H,8-11,13H2,(H,24,30)(H,25,29,35). The fraction of sp³-hybridized carbons (Fsp3) is 0.273. The van der Waals surface area contributed by atoms with Crippen molar-refractivity contribution in [3.8, 4) is 5.75 Å². The quantitative estimate of drug-likeness (QED) is 0.176. The van der Waals surface area contributed by atoms with Crippen LogP contribution in [-0.4, -0.2) is 65.1 Å². The van der Waals surface area contributed by atoms with Crippen LogP contribution in [0.15, 0.2) is 48.5 Å². The fourth-order valence-electron chi connectivity index (χ4n) is 3.24. The van der Waals surface area contributed by atoms with Gasteiger partial charge in [0, 0.05) is 24.7 Å². The molecular formula is C22H21ClN4O7S. The molecule has 3 rings (SSSR count). The number of hydrogen-bond donors (Lipinski definition) is 2. The van der Waals surface area contributed by atoms with E-state index in [2.05, 4.69) is 10.6 Å². The molecule has 35 heavy (non-hydrogen) atoms. The summed E-state index contributed by atoms with van der Waals surface area (Å²) in [6.07, 6.45) is -0.306. The minimum Gasteiger partial charge on any atom is -0.490 e. The summed E-state index contributed by atoms with van der Waals surface area (Å²) in [4.78, 5) is 49.1.